The van der Waals surface area contributed by atoms with Gasteiger partial charge in [-0.1, -0.05) is 12.1 Å². The molecule has 2 aromatic rings. The smallest absolute Gasteiger partial charge is 0.123 e. The first-order valence-electron chi connectivity index (χ1n) is 7.82. The molecule has 1 aromatic heterocycles. The van der Waals surface area contributed by atoms with E-state index in [9.17, 15) is 4.39 Å². The molecule has 0 amide bonds. The predicted octanol–water partition coefficient (Wildman–Crippen LogP) is 2.99. The second kappa shape index (κ2) is 6.99. The van der Waals surface area contributed by atoms with Gasteiger partial charge in [0.1, 0.15) is 5.82 Å². The Kier molecular flexibility index (Phi) is 4.80. The molecule has 4 heteroatoms. The van der Waals surface area contributed by atoms with Crippen LogP contribution in [0.25, 0.3) is 0 Å². The van der Waals surface area contributed by atoms with Crippen LogP contribution in [0.15, 0.2) is 48.8 Å². The van der Waals surface area contributed by atoms with Gasteiger partial charge in [0, 0.05) is 18.4 Å². The molecule has 3 nitrogen and oxygen atoms in total. The van der Waals surface area contributed by atoms with Crippen LogP contribution >= 0.6 is 0 Å². The molecule has 0 spiro atoms. The quantitative estimate of drug-likeness (QED) is 0.940. The molecule has 1 fully saturated rings. The Bertz CT molecular complexity index is 577. The fourth-order valence-electron chi connectivity index (χ4n) is 3.01. The summed E-state index contributed by atoms with van der Waals surface area (Å²) >= 11 is 0. The number of nitrogens with one attached hydrogen (secondary N) is 1. The van der Waals surface area contributed by atoms with Crippen molar-refractivity contribution in [3.63, 3.8) is 0 Å². The minimum absolute atomic E-state index is 0.0806. The molecule has 0 unspecified atom stereocenters. The number of rotatable bonds is 4. The lowest BCUT2D eigenvalue weighted by atomic mass is 9.96. The van der Waals surface area contributed by atoms with Crippen LogP contribution < -0.4 is 5.32 Å². The number of benzene rings is 1. The van der Waals surface area contributed by atoms with E-state index in [0.717, 1.165) is 31.5 Å². The molecule has 2 heterocycles. The van der Waals surface area contributed by atoms with Crippen LogP contribution in [0, 0.1) is 5.82 Å². The molecule has 0 radical (unpaired) electrons. The number of pyridine rings is 1. The highest BCUT2D eigenvalue weighted by Gasteiger charge is 2.22. The van der Waals surface area contributed by atoms with E-state index in [2.05, 4.69) is 22.2 Å². The summed E-state index contributed by atoms with van der Waals surface area (Å²) in [5, 5.41) is 3.75. The molecule has 1 aliphatic heterocycles. The van der Waals surface area contributed by atoms with Crippen LogP contribution in [0.3, 0.4) is 0 Å². The van der Waals surface area contributed by atoms with Crippen molar-refractivity contribution in [3.05, 3.63) is 65.7 Å². The van der Waals surface area contributed by atoms with Crippen molar-refractivity contribution in [1.82, 2.24) is 15.2 Å². The van der Waals surface area contributed by atoms with Crippen LogP contribution in [0.1, 0.15) is 30.0 Å². The van der Waals surface area contributed by atoms with E-state index in [4.69, 9.17) is 0 Å². The van der Waals surface area contributed by atoms with Crippen molar-refractivity contribution in [2.24, 2.45) is 0 Å². The zero-order valence-corrected chi connectivity index (χ0v) is 12.9. The fourth-order valence-corrected chi connectivity index (χ4v) is 3.01. The maximum absolute atomic E-state index is 13.2. The monoisotopic (exact) mass is 299 g/mol. The summed E-state index contributed by atoms with van der Waals surface area (Å²) in [5.74, 6) is -0.198. The molecule has 0 bridgehead atoms. The first-order chi connectivity index (χ1) is 10.7. The number of hydrogen-bond acceptors (Lipinski definition) is 3. The molecule has 0 aliphatic carbocycles. The Morgan fingerprint density at radius 2 is 1.64 bits per heavy atom. The molecule has 1 atom stereocenters. The van der Waals surface area contributed by atoms with E-state index in [1.165, 1.54) is 17.7 Å². The highest BCUT2D eigenvalue weighted by Crippen LogP contribution is 2.24. The lowest BCUT2D eigenvalue weighted by Crippen LogP contribution is -2.42. The Balaban J connectivity index is 1.82. The van der Waals surface area contributed by atoms with Gasteiger partial charge in [-0.3, -0.25) is 4.98 Å². The van der Waals surface area contributed by atoms with Crippen LogP contribution in [-0.2, 0) is 0 Å². The minimum atomic E-state index is -0.198. The van der Waals surface area contributed by atoms with E-state index in [1.807, 2.05) is 36.7 Å². The number of halogens is 1. The molecule has 1 N–H and O–H groups in total. The number of piperidine rings is 1. The maximum atomic E-state index is 13.2. The zero-order valence-electron chi connectivity index (χ0n) is 12.9. The first-order valence-corrected chi connectivity index (χ1v) is 7.82. The van der Waals surface area contributed by atoms with Crippen LogP contribution in [0.2, 0.25) is 0 Å². The third-order valence-corrected chi connectivity index (χ3v) is 4.36. The highest BCUT2D eigenvalue weighted by atomic mass is 19.1. The number of nitrogens with zero attached hydrogens (tertiary/aromatic N) is 2. The summed E-state index contributed by atoms with van der Waals surface area (Å²) in [6.45, 7) is 2.23. The maximum Gasteiger partial charge on any atom is 0.123 e. The van der Waals surface area contributed by atoms with Gasteiger partial charge in [0.25, 0.3) is 0 Å². The molecule has 0 saturated carbocycles. The number of aromatic nitrogens is 1. The van der Waals surface area contributed by atoms with Crippen molar-refractivity contribution < 1.29 is 4.39 Å². The third-order valence-electron chi connectivity index (χ3n) is 4.36. The van der Waals surface area contributed by atoms with Gasteiger partial charge >= 0.3 is 0 Å². The molecule has 116 valence electrons. The summed E-state index contributed by atoms with van der Waals surface area (Å²) in [6.07, 6.45) is 5.89. The van der Waals surface area contributed by atoms with Gasteiger partial charge < -0.3 is 10.2 Å². The summed E-state index contributed by atoms with van der Waals surface area (Å²) in [4.78, 5) is 6.46. The minimum Gasteiger partial charge on any atom is -0.306 e. The second-order valence-corrected chi connectivity index (χ2v) is 6.01. The Hall–Kier alpha value is -1.78. The van der Waals surface area contributed by atoms with E-state index < -0.39 is 0 Å². The first kappa shape index (κ1) is 15.1. The Morgan fingerprint density at radius 3 is 2.27 bits per heavy atom. The molecule has 1 saturated heterocycles. The van der Waals surface area contributed by atoms with Crippen molar-refractivity contribution in [2.45, 2.75) is 24.9 Å². The lowest BCUT2D eigenvalue weighted by Gasteiger charge is -2.33. The van der Waals surface area contributed by atoms with Gasteiger partial charge in [0.2, 0.25) is 0 Å². The Labute approximate surface area is 131 Å². The second-order valence-electron chi connectivity index (χ2n) is 6.01. The lowest BCUT2D eigenvalue weighted by molar-refractivity contribution is 0.229. The molecular formula is C18H22FN3. The normalized spacial score (nSPS) is 18.3. The van der Waals surface area contributed by atoms with Crippen molar-refractivity contribution in [2.75, 3.05) is 20.1 Å². The topological polar surface area (TPSA) is 28.2 Å². The van der Waals surface area contributed by atoms with Crippen molar-refractivity contribution in [3.8, 4) is 0 Å². The summed E-state index contributed by atoms with van der Waals surface area (Å²) in [6, 6.07) is 11.4. The van der Waals surface area contributed by atoms with Crippen LogP contribution in [0.5, 0.6) is 0 Å². The van der Waals surface area contributed by atoms with Crippen molar-refractivity contribution >= 4 is 0 Å². The van der Waals surface area contributed by atoms with E-state index in [0.29, 0.717) is 6.04 Å². The molecular weight excluding hydrogens is 277 g/mol. The Morgan fingerprint density at radius 1 is 1.05 bits per heavy atom. The van der Waals surface area contributed by atoms with Gasteiger partial charge in [-0.05, 0) is 68.4 Å². The summed E-state index contributed by atoms with van der Waals surface area (Å²) in [7, 11) is 2.16. The highest BCUT2D eigenvalue weighted by molar-refractivity contribution is 5.31. The third kappa shape index (κ3) is 3.70. The van der Waals surface area contributed by atoms with Crippen LogP contribution in [-0.4, -0.2) is 36.1 Å². The van der Waals surface area contributed by atoms with E-state index >= 15 is 0 Å². The van der Waals surface area contributed by atoms with Gasteiger partial charge in [-0.15, -0.1) is 0 Å². The van der Waals surface area contributed by atoms with E-state index in [-0.39, 0.29) is 11.9 Å². The summed E-state index contributed by atoms with van der Waals surface area (Å²) < 4.78 is 13.2. The van der Waals surface area contributed by atoms with Crippen molar-refractivity contribution in [1.29, 1.82) is 0 Å². The van der Waals surface area contributed by atoms with Gasteiger partial charge in [-0.2, -0.15) is 0 Å². The van der Waals surface area contributed by atoms with Crippen LogP contribution in [0.4, 0.5) is 4.39 Å². The molecule has 1 aliphatic rings. The number of hydrogen-bond donors (Lipinski definition) is 1. The molecule has 3 rings (SSSR count). The van der Waals surface area contributed by atoms with Gasteiger partial charge in [0.15, 0.2) is 0 Å². The molecule has 1 aromatic carbocycles. The average Bonchev–Trinajstić information content (AvgIpc) is 2.56. The number of likely N-dealkylation sites (tertiary alicyclic amines) is 1. The predicted molar refractivity (Wildman–Crippen MR) is 86.1 cm³/mol. The van der Waals surface area contributed by atoms with E-state index in [1.54, 1.807) is 0 Å². The average molecular weight is 299 g/mol. The standard InChI is InChI=1S/C18H22FN3/c1-22-12-8-17(9-13-22)21-18(15-6-10-20-11-7-15)14-2-4-16(19)5-3-14/h2-7,10-11,17-18,21H,8-9,12-13H2,1H3/t18-/m0/s1. The largest absolute Gasteiger partial charge is 0.306 e. The fraction of sp³-hybridized carbons (Fsp3) is 0.389. The van der Waals surface area contributed by atoms with Gasteiger partial charge in [-0.25, -0.2) is 4.39 Å². The SMILES string of the molecule is CN1CCC(N[C@H](c2ccncc2)c2ccc(F)cc2)CC1. The molecule has 22 heavy (non-hydrogen) atoms. The summed E-state index contributed by atoms with van der Waals surface area (Å²) in [5.41, 5.74) is 2.26. The van der Waals surface area contributed by atoms with Gasteiger partial charge in [0.05, 0.1) is 6.04 Å². The zero-order chi connectivity index (χ0) is 15.4.